The van der Waals surface area contributed by atoms with Gasteiger partial charge in [0, 0.05) is 24.5 Å². The van der Waals surface area contributed by atoms with E-state index in [1.807, 2.05) is 6.07 Å². The highest BCUT2D eigenvalue weighted by atomic mass is 15.3. The zero-order valence-electron chi connectivity index (χ0n) is 10.1. The molecule has 2 fully saturated rings. The number of hydrogen-bond donors (Lipinski definition) is 0. The van der Waals surface area contributed by atoms with Gasteiger partial charge in [-0.1, -0.05) is 6.42 Å². The highest BCUT2D eigenvalue weighted by molar-refractivity contribution is 5.34. The van der Waals surface area contributed by atoms with Gasteiger partial charge in [-0.05, 0) is 44.6 Å². The Balaban J connectivity index is 1.83. The molecule has 0 bridgehead atoms. The van der Waals surface area contributed by atoms with Crippen LogP contribution in [0.4, 0.5) is 5.95 Å². The number of fused-ring (bicyclic) bond motifs is 1. The molecule has 1 aliphatic carbocycles. The predicted molar refractivity (Wildman–Crippen MR) is 64.6 cm³/mol. The van der Waals surface area contributed by atoms with Crippen LogP contribution < -0.4 is 4.90 Å². The van der Waals surface area contributed by atoms with Crippen LogP contribution in [0.3, 0.4) is 0 Å². The summed E-state index contributed by atoms with van der Waals surface area (Å²) < 4.78 is 0. The van der Waals surface area contributed by atoms with Crippen LogP contribution in [0.15, 0.2) is 6.07 Å². The Kier molecular flexibility index (Phi) is 2.34. The van der Waals surface area contributed by atoms with E-state index < -0.39 is 0 Å². The Morgan fingerprint density at radius 3 is 2.19 bits per heavy atom. The van der Waals surface area contributed by atoms with E-state index in [0.717, 1.165) is 29.2 Å². The molecule has 1 saturated carbocycles. The Bertz CT molecular complexity index is 370. The first-order valence-electron chi connectivity index (χ1n) is 6.29. The summed E-state index contributed by atoms with van der Waals surface area (Å²) in [7, 11) is 0. The number of nitrogens with zero attached hydrogens (tertiary/aromatic N) is 3. The van der Waals surface area contributed by atoms with Gasteiger partial charge in [-0.25, -0.2) is 9.97 Å². The van der Waals surface area contributed by atoms with Gasteiger partial charge in [0.1, 0.15) is 0 Å². The van der Waals surface area contributed by atoms with Gasteiger partial charge in [0.25, 0.3) is 0 Å². The lowest BCUT2D eigenvalue weighted by Crippen LogP contribution is -2.23. The van der Waals surface area contributed by atoms with E-state index in [-0.39, 0.29) is 0 Å². The Hall–Kier alpha value is -1.12. The predicted octanol–water partition coefficient (Wildman–Crippen LogP) is 2.33. The lowest BCUT2D eigenvalue weighted by Gasteiger charge is -2.17. The van der Waals surface area contributed by atoms with Crippen molar-refractivity contribution in [1.29, 1.82) is 0 Å². The second-order valence-electron chi connectivity index (χ2n) is 5.31. The number of anilines is 1. The first-order chi connectivity index (χ1) is 7.72. The monoisotopic (exact) mass is 217 g/mol. The molecule has 0 unspecified atom stereocenters. The van der Waals surface area contributed by atoms with E-state index >= 15 is 0 Å². The highest BCUT2D eigenvalue weighted by Crippen LogP contribution is 2.38. The fraction of sp³-hybridized carbons (Fsp3) is 0.692. The van der Waals surface area contributed by atoms with Crippen molar-refractivity contribution in [2.24, 2.45) is 11.8 Å². The molecule has 0 N–H and O–H groups in total. The topological polar surface area (TPSA) is 29.0 Å². The Morgan fingerprint density at radius 2 is 1.62 bits per heavy atom. The van der Waals surface area contributed by atoms with Gasteiger partial charge in [0.2, 0.25) is 5.95 Å². The maximum Gasteiger partial charge on any atom is 0.225 e. The van der Waals surface area contributed by atoms with Crippen molar-refractivity contribution < 1.29 is 0 Å². The zero-order chi connectivity index (χ0) is 11.1. The Morgan fingerprint density at radius 1 is 1.06 bits per heavy atom. The van der Waals surface area contributed by atoms with Gasteiger partial charge >= 0.3 is 0 Å². The number of aromatic nitrogens is 2. The minimum atomic E-state index is 0.907. The van der Waals surface area contributed by atoms with E-state index in [1.165, 1.54) is 32.4 Å². The van der Waals surface area contributed by atoms with Crippen molar-refractivity contribution in [2.45, 2.75) is 33.1 Å². The van der Waals surface area contributed by atoms with Crippen molar-refractivity contribution in [1.82, 2.24) is 9.97 Å². The van der Waals surface area contributed by atoms with Gasteiger partial charge in [0.15, 0.2) is 0 Å². The molecule has 1 saturated heterocycles. The van der Waals surface area contributed by atoms with E-state index in [2.05, 4.69) is 28.7 Å². The van der Waals surface area contributed by atoms with Crippen molar-refractivity contribution in [3.8, 4) is 0 Å². The van der Waals surface area contributed by atoms with E-state index in [0.29, 0.717) is 0 Å². The van der Waals surface area contributed by atoms with Crippen LogP contribution in [0.2, 0.25) is 0 Å². The van der Waals surface area contributed by atoms with E-state index in [1.54, 1.807) is 0 Å². The fourth-order valence-corrected chi connectivity index (χ4v) is 3.25. The molecular weight excluding hydrogens is 198 g/mol. The van der Waals surface area contributed by atoms with Crippen LogP contribution in [0.25, 0.3) is 0 Å². The molecule has 1 aromatic rings. The summed E-state index contributed by atoms with van der Waals surface area (Å²) in [6.07, 6.45) is 4.24. The maximum atomic E-state index is 4.56. The number of rotatable bonds is 1. The molecule has 2 heterocycles. The summed E-state index contributed by atoms with van der Waals surface area (Å²) in [6, 6.07) is 2.04. The molecular formula is C13H19N3. The first-order valence-corrected chi connectivity index (χ1v) is 6.29. The quantitative estimate of drug-likeness (QED) is 0.723. The molecule has 16 heavy (non-hydrogen) atoms. The Labute approximate surface area is 96.9 Å². The minimum absolute atomic E-state index is 0.907. The molecule has 1 aromatic heterocycles. The smallest absolute Gasteiger partial charge is 0.225 e. The maximum absolute atomic E-state index is 4.56. The van der Waals surface area contributed by atoms with Crippen molar-refractivity contribution in [3.05, 3.63) is 17.5 Å². The molecule has 0 spiro atoms. The van der Waals surface area contributed by atoms with Crippen LogP contribution in [-0.4, -0.2) is 23.1 Å². The average molecular weight is 217 g/mol. The van der Waals surface area contributed by atoms with Crippen molar-refractivity contribution in [3.63, 3.8) is 0 Å². The van der Waals surface area contributed by atoms with Gasteiger partial charge < -0.3 is 4.90 Å². The summed E-state index contributed by atoms with van der Waals surface area (Å²) in [5.74, 6) is 2.76. The summed E-state index contributed by atoms with van der Waals surface area (Å²) in [5.41, 5.74) is 2.17. The molecule has 0 amide bonds. The summed E-state index contributed by atoms with van der Waals surface area (Å²) in [5, 5.41) is 0. The molecule has 1 aliphatic heterocycles. The van der Waals surface area contributed by atoms with Crippen LogP contribution >= 0.6 is 0 Å². The first kappa shape index (κ1) is 10.1. The summed E-state index contributed by atoms with van der Waals surface area (Å²) in [6.45, 7) is 6.45. The molecule has 0 radical (unpaired) electrons. The van der Waals surface area contributed by atoms with E-state index in [4.69, 9.17) is 0 Å². The minimum Gasteiger partial charge on any atom is -0.340 e. The fourth-order valence-electron chi connectivity index (χ4n) is 3.25. The summed E-state index contributed by atoms with van der Waals surface area (Å²) in [4.78, 5) is 11.5. The third-order valence-electron chi connectivity index (χ3n) is 3.98. The van der Waals surface area contributed by atoms with Gasteiger partial charge in [-0.2, -0.15) is 0 Å². The molecule has 3 rings (SSSR count). The summed E-state index contributed by atoms with van der Waals surface area (Å²) >= 11 is 0. The molecule has 0 aromatic carbocycles. The third kappa shape index (κ3) is 1.68. The molecule has 86 valence electrons. The van der Waals surface area contributed by atoms with Gasteiger partial charge in [0.05, 0.1) is 0 Å². The standard InChI is InChI=1S/C13H19N3/c1-9-6-10(2)15-13(14-9)16-7-11-4-3-5-12(11)8-16/h6,11-12H,3-5,7-8H2,1-2H3/t11-,12+. The highest BCUT2D eigenvalue weighted by Gasteiger charge is 2.36. The molecule has 3 heteroatoms. The SMILES string of the molecule is Cc1cc(C)nc(N2C[C@H]3CCC[C@H]3C2)n1. The average Bonchev–Trinajstić information content (AvgIpc) is 2.74. The lowest BCUT2D eigenvalue weighted by atomic mass is 10.0. The normalized spacial score (nSPS) is 28.5. The van der Waals surface area contributed by atoms with Crippen molar-refractivity contribution >= 4 is 5.95 Å². The molecule has 3 nitrogen and oxygen atoms in total. The lowest BCUT2D eigenvalue weighted by molar-refractivity contribution is 0.494. The van der Waals surface area contributed by atoms with Crippen LogP contribution in [-0.2, 0) is 0 Å². The number of hydrogen-bond acceptors (Lipinski definition) is 3. The van der Waals surface area contributed by atoms with E-state index in [9.17, 15) is 0 Å². The zero-order valence-corrected chi connectivity index (χ0v) is 10.1. The largest absolute Gasteiger partial charge is 0.340 e. The second-order valence-corrected chi connectivity index (χ2v) is 5.31. The molecule has 2 aliphatic rings. The van der Waals surface area contributed by atoms with Gasteiger partial charge in [-0.3, -0.25) is 0 Å². The van der Waals surface area contributed by atoms with Crippen LogP contribution in [0, 0.1) is 25.7 Å². The van der Waals surface area contributed by atoms with Crippen molar-refractivity contribution in [2.75, 3.05) is 18.0 Å². The van der Waals surface area contributed by atoms with Crippen LogP contribution in [0.5, 0.6) is 0 Å². The number of aryl methyl sites for hydroxylation is 2. The molecule has 2 atom stereocenters. The third-order valence-corrected chi connectivity index (χ3v) is 3.98. The second kappa shape index (κ2) is 3.72. The van der Waals surface area contributed by atoms with Crippen LogP contribution in [0.1, 0.15) is 30.7 Å². The van der Waals surface area contributed by atoms with Gasteiger partial charge in [-0.15, -0.1) is 0 Å².